The second-order valence-corrected chi connectivity index (χ2v) is 5.49. The second-order valence-electron chi connectivity index (χ2n) is 5.49. The molecule has 0 unspecified atom stereocenters. The van der Waals surface area contributed by atoms with E-state index in [9.17, 15) is 14.9 Å². The maximum atomic E-state index is 12.0. The minimum Gasteiger partial charge on any atom is -0.316 e. The monoisotopic (exact) mass is 348 g/mol. The summed E-state index contributed by atoms with van der Waals surface area (Å²) in [5.41, 5.74) is 4.45. The number of nitrogens with zero attached hydrogens (tertiary/aromatic N) is 3. The zero-order chi connectivity index (χ0) is 18.4. The summed E-state index contributed by atoms with van der Waals surface area (Å²) < 4.78 is 1.93. The topological polar surface area (TPSA) is 89.5 Å². The highest BCUT2D eigenvalue weighted by Crippen LogP contribution is 2.18. The van der Waals surface area contributed by atoms with E-state index in [4.69, 9.17) is 0 Å². The predicted octanol–water partition coefficient (Wildman–Crippen LogP) is 3.08. The van der Waals surface area contributed by atoms with Gasteiger partial charge in [0.25, 0.3) is 5.69 Å². The Morgan fingerprint density at radius 3 is 2.58 bits per heavy atom. The molecule has 0 saturated heterocycles. The molecule has 3 rings (SSSR count). The third-order valence-corrected chi connectivity index (χ3v) is 3.74. The molecule has 7 nitrogen and oxygen atoms in total. The Bertz CT molecular complexity index is 948. The molecule has 2 aromatic carbocycles. The smallest absolute Gasteiger partial charge is 0.273 e. The number of para-hydroxylation sites is 2. The lowest BCUT2D eigenvalue weighted by molar-refractivity contribution is -0.385. The summed E-state index contributed by atoms with van der Waals surface area (Å²) in [7, 11) is 0. The number of hydrogen-bond donors (Lipinski definition) is 1. The van der Waals surface area contributed by atoms with Crippen LogP contribution in [0.15, 0.2) is 78.0 Å². The van der Waals surface area contributed by atoms with E-state index in [1.165, 1.54) is 12.3 Å². The van der Waals surface area contributed by atoms with Crippen LogP contribution < -0.4 is 5.43 Å². The van der Waals surface area contributed by atoms with Crippen LogP contribution in [0.25, 0.3) is 5.69 Å². The number of carbonyl (C=O) groups is 1. The van der Waals surface area contributed by atoms with Crippen molar-refractivity contribution in [3.05, 3.63) is 94.3 Å². The van der Waals surface area contributed by atoms with Crippen molar-refractivity contribution >= 4 is 17.8 Å². The van der Waals surface area contributed by atoms with Gasteiger partial charge in [-0.3, -0.25) is 14.9 Å². The highest BCUT2D eigenvalue weighted by atomic mass is 16.6. The van der Waals surface area contributed by atoms with Crippen molar-refractivity contribution in [1.29, 1.82) is 0 Å². The average molecular weight is 348 g/mol. The minimum atomic E-state index is -0.501. The van der Waals surface area contributed by atoms with Crippen LogP contribution in [-0.2, 0) is 11.2 Å². The van der Waals surface area contributed by atoms with Gasteiger partial charge in [0.2, 0.25) is 5.91 Å². The zero-order valence-corrected chi connectivity index (χ0v) is 13.8. The third kappa shape index (κ3) is 4.02. The predicted molar refractivity (Wildman–Crippen MR) is 98.3 cm³/mol. The van der Waals surface area contributed by atoms with E-state index in [2.05, 4.69) is 10.5 Å². The van der Waals surface area contributed by atoms with Crippen molar-refractivity contribution < 1.29 is 9.72 Å². The van der Waals surface area contributed by atoms with Crippen molar-refractivity contribution in [2.75, 3.05) is 0 Å². The summed E-state index contributed by atoms with van der Waals surface area (Å²) >= 11 is 0. The molecule has 3 aromatic rings. The number of nitro groups is 1. The van der Waals surface area contributed by atoms with Gasteiger partial charge in [0.15, 0.2) is 0 Å². The molecule has 1 heterocycles. The number of nitrogens with one attached hydrogen (secondary N) is 1. The molecule has 0 radical (unpaired) electrons. The molecule has 0 atom stereocenters. The highest BCUT2D eigenvalue weighted by Gasteiger charge is 2.15. The van der Waals surface area contributed by atoms with E-state index < -0.39 is 10.8 Å². The lowest BCUT2D eigenvalue weighted by Crippen LogP contribution is -2.20. The van der Waals surface area contributed by atoms with E-state index in [-0.39, 0.29) is 12.1 Å². The quantitative estimate of drug-likeness (QED) is 0.422. The SMILES string of the molecule is O=C(Cc1ccccc1[N+](=O)[O-])N/N=C/c1cccn1-c1ccccc1. The lowest BCUT2D eigenvalue weighted by Gasteiger charge is -2.05. The Labute approximate surface area is 149 Å². The molecular weight excluding hydrogens is 332 g/mol. The van der Waals surface area contributed by atoms with Gasteiger partial charge >= 0.3 is 0 Å². The number of rotatable bonds is 6. The second kappa shape index (κ2) is 7.89. The van der Waals surface area contributed by atoms with E-state index >= 15 is 0 Å². The maximum Gasteiger partial charge on any atom is 0.273 e. The number of amides is 1. The van der Waals surface area contributed by atoms with Crippen LogP contribution in [-0.4, -0.2) is 21.6 Å². The van der Waals surface area contributed by atoms with E-state index in [1.807, 2.05) is 53.2 Å². The van der Waals surface area contributed by atoms with Crippen LogP contribution in [0.5, 0.6) is 0 Å². The first-order chi connectivity index (χ1) is 12.6. The molecule has 7 heteroatoms. The molecular formula is C19H16N4O3. The number of aromatic nitrogens is 1. The zero-order valence-electron chi connectivity index (χ0n) is 13.8. The van der Waals surface area contributed by atoms with Gasteiger partial charge in [0, 0.05) is 23.5 Å². The van der Waals surface area contributed by atoms with Gasteiger partial charge < -0.3 is 4.57 Å². The summed E-state index contributed by atoms with van der Waals surface area (Å²) in [4.78, 5) is 22.5. The summed E-state index contributed by atoms with van der Waals surface area (Å²) in [6.07, 6.45) is 3.31. The number of nitro benzene ring substituents is 1. The van der Waals surface area contributed by atoms with Crippen molar-refractivity contribution in [1.82, 2.24) is 9.99 Å². The number of hydrazone groups is 1. The minimum absolute atomic E-state index is 0.0791. The number of carbonyl (C=O) groups excluding carboxylic acids is 1. The fourth-order valence-corrected chi connectivity index (χ4v) is 2.54. The number of hydrogen-bond acceptors (Lipinski definition) is 4. The van der Waals surface area contributed by atoms with Crippen molar-refractivity contribution in [3.8, 4) is 5.69 Å². The molecule has 0 aliphatic heterocycles. The van der Waals surface area contributed by atoms with Crippen LogP contribution in [0.4, 0.5) is 5.69 Å². The van der Waals surface area contributed by atoms with Crippen LogP contribution in [0.3, 0.4) is 0 Å². The van der Waals surface area contributed by atoms with Gasteiger partial charge in [-0.1, -0.05) is 36.4 Å². The van der Waals surface area contributed by atoms with E-state index in [1.54, 1.807) is 18.2 Å². The Hall–Kier alpha value is -3.74. The maximum absolute atomic E-state index is 12.0. The highest BCUT2D eigenvalue weighted by molar-refractivity contribution is 5.83. The Morgan fingerprint density at radius 1 is 1.08 bits per heavy atom. The van der Waals surface area contributed by atoms with E-state index in [0.717, 1.165) is 11.4 Å². The fourth-order valence-electron chi connectivity index (χ4n) is 2.54. The molecule has 0 spiro atoms. The third-order valence-electron chi connectivity index (χ3n) is 3.74. The molecule has 1 N–H and O–H groups in total. The molecule has 130 valence electrons. The normalized spacial score (nSPS) is 10.8. The van der Waals surface area contributed by atoms with Gasteiger partial charge in [0.1, 0.15) is 0 Å². The van der Waals surface area contributed by atoms with Gasteiger partial charge in [-0.2, -0.15) is 5.10 Å². The van der Waals surface area contributed by atoms with Crippen molar-refractivity contribution in [3.63, 3.8) is 0 Å². The van der Waals surface area contributed by atoms with Crippen molar-refractivity contribution in [2.45, 2.75) is 6.42 Å². The molecule has 26 heavy (non-hydrogen) atoms. The van der Waals surface area contributed by atoms with Crippen molar-refractivity contribution in [2.24, 2.45) is 5.10 Å². The first kappa shape index (κ1) is 17.1. The fraction of sp³-hybridized carbons (Fsp3) is 0.0526. The largest absolute Gasteiger partial charge is 0.316 e. The van der Waals surface area contributed by atoms with Gasteiger partial charge in [-0.05, 0) is 24.3 Å². The number of benzene rings is 2. The average Bonchev–Trinajstić information content (AvgIpc) is 3.11. The summed E-state index contributed by atoms with van der Waals surface area (Å²) in [6.45, 7) is 0. The van der Waals surface area contributed by atoms with Gasteiger partial charge in [0.05, 0.1) is 23.3 Å². The molecule has 0 bridgehead atoms. The van der Waals surface area contributed by atoms with Crippen LogP contribution >= 0.6 is 0 Å². The molecule has 1 aromatic heterocycles. The van der Waals surface area contributed by atoms with E-state index in [0.29, 0.717) is 5.56 Å². The molecule has 0 saturated carbocycles. The summed E-state index contributed by atoms with van der Waals surface area (Å²) in [6, 6.07) is 19.6. The lowest BCUT2D eigenvalue weighted by atomic mass is 10.1. The molecule has 0 aliphatic carbocycles. The summed E-state index contributed by atoms with van der Waals surface area (Å²) in [5.74, 6) is -0.423. The summed E-state index contributed by atoms with van der Waals surface area (Å²) in [5, 5.41) is 14.9. The molecule has 0 fully saturated rings. The molecule has 0 aliphatic rings. The van der Waals surface area contributed by atoms with Crippen LogP contribution in [0, 0.1) is 10.1 Å². The first-order valence-electron chi connectivity index (χ1n) is 7.92. The van der Waals surface area contributed by atoms with Gasteiger partial charge in [-0.15, -0.1) is 0 Å². The Morgan fingerprint density at radius 2 is 1.81 bits per heavy atom. The Balaban J connectivity index is 1.66. The standard InChI is InChI=1S/C19H16N4O3/c24-19(13-15-7-4-5-11-18(15)23(25)26)21-20-14-17-10-6-12-22(17)16-8-2-1-3-9-16/h1-12,14H,13H2,(H,21,24)/b20-14+. The first-order valence-corrected chi connectivity index (χ1v) is 7.92. The molecule has 1 amide bonds. The Kier molecular flexibility index (Phi) is 5.19. The van der Waals surface area contributed by atoms with Crippen LogP contribution in [0.1, 0.15) is 11.3 Å². The van der Waals surface area contributed by atoms with Crippen LogP contribution in [0.2, 0.25) is 0 Å². The van der Waals surface area contributed by atoms with Gasteiger partial charge in [-0.25, -0.2) is 5.43 Å².